The molecular formula is C22H20F2N2O5. The van der Waals surface area contributed by atoms with E-state index in [1.165, 1.54) is 19.2 Å². The lowest BCUT2D eigenvalue weighted by atomic mass is 9.95. The maximum absolute atomic E-state index is 15.2. The van der Waals surface area contributed by atoms with E-state index < -0.39 is 40.9 Å². The van der Waals surface area contributed by atoms with Gasteiger partial charge in [-0.25, -0.2) is 18.6 Å². The molecule has 2 aromatic carbocycles. The molecule has 1 amide bonds. The van der Waals surface area contributed by atoms with Crippen LogP contribution in [0.25, 0.3) is 10.8 Å². The smallest absolute Gasteiger partial charge is 0.405 e. The van der Waals surface area contributed by atoms with E-state index in [2.05, 4.69) is 4.98 Å². The number of carbonyl (C=O) groups is 2. The molecule has 31 heavy (non-hydrogen) atoms. The van der Waals surface area contributed by atoms with Gasteiger partial charge in [-0.1, -0.05) is 12.1 Å². The zero-order chi connectivity index (χ0) is 22.7. The largest absolute Gasteiger partial charge is 0.493 e. The van der Waals surface area contributed by atoms with E-state index >= 15 is 4.39 Å². The Balaban J connectivity index is 2.17. The number of nitrogens with two attached hydrogens (primary N) is 1. The second-order valence-corrected chi connectivity index (χ2v) is 6.53. The predicted octanol–water partition coefficient (Wildman–Crippen LogP) is 4.31. The third-order valence-electron chi connectivity index (χ3n) is 4.66. The van der Waals surface area contributed by atoms with Gasteiger partial charge >= 0.3 is 6.09 Å². The number of hydrogen-bond donors (Lipinski definition) is 1. The number of hydrogen-bond acceptors (Lipinski definition) is 6. The topological polar surface area (TPSA) is 101 Å². The Hall–Kier alpha value is -3.75. The molecule has 0 saturated carbocycles. The summed E-state index contributed by atoms with van der Waals surface area (Å²) in [4.78, 5) is 28.3. The molecule has 0 fully saturated rings. The monoisotopic (exact) mass is 430 g/mol. The van der Waals surface area contributed by atoms with Gasteiger partial charge in [0, 0.05) is 22.7 Å². The lowest BCUT2D eigenvalue weighted by Gasteiger charge is -2.18. The van der Waals surface area contributed by atoms with Crippen LogP contribution >= 0.6 is 0 Å². The van der Waals surface area contributed by atoms with E-state index in [9.17, 15) is 14.0 Å². The number of rotatable bonds is 7. The van der Waals surface area contributed by atoms with Gasteiger partial charge in [-0.15, -0.1) is 0 Å². The Bertz CT molecular complexity index is 1170. The maximum Gasteiger partial charge on any atom is 0.405 e. The average molecular weight is 430 g/mol. The number of nitrogens with zero attached hydrogens (tertiary/aromatic N) is 1. The molecule has 2 N–H and O–H groups in total. The first-order valence-corrected chi connectivity index (χ1v) is 9.37. The van der Waals surface area contributed by atoms with Crippen LogP contribution in [0.3, 0.4) is 0 Å². The number of amides is 1. The molecule has 1 unspecified atom stereocenters. The van der Waals surface area contributed by atoms with E-state index in [0.717, 1.165) is 13.2 Å². The molecule has 1 heterocycles. The molecule has 0 bridgehead atoms. The van der Waals surface area contributed by atoms with Gasteiger partial charge in [-0.2, -0.15) is 0 Å². The van der Waals surface area contributed by atoms with Crippen molar-refractivity contribution in [2.75, 3.05) is 13.7 Å². The number of methoxy groups -OCH3 is 1. The van der Waals surface area contributed by atoms with Crippen LogP contribution in [0.5, 0.6) is 11.6 Å². The van der Waals surface area contributed by atoms with Crippen molar-refractivity contribution in [1.82, 2.24) is 4.98 Å². The van der Waals surface area contributed by atoms with E-state index in [4.69, 9.17) is 19.9 Å². The number of halogens is 2. The van der Waals surface area contributed by atoms with Crippen molar-refractivity contribution in [1.29, 1.82) is 0 Å². The lowest BCUT2D eigenvalue weighted by molar-refractivity contribution is 0.102. The number of ketones is 1. The van der Waals surface area contributed by atoms with Crippen LogP contribution in [0.2, 0.25) is 0 Å². The first-order valence-electron chi connectivity index (χ1n) is 9.37. The fourth-order valence-corrected chi connectivity index (χ4v) is 3.34. The Kier molecular flexibility index (Phi) is 6.33. The van der Waals surface area contributed by atoms with Crippen LogP contribution in [0.15, 0.2) is 36.5 Å². The first kappa shape index (κ1) is 21.9. The van der Waals surface area contributed by atoms with Crippen molar-refractivity contribution in [2.45, 2.75) is 20.0 Å². The number of carbonyl (C=O) groups excluding carboxylic acids is 2. The first-order chi connectivity index (χ1) is 14.8. The van der Waals surface area contributed by atoms with Crippen LogP contribution in [0, 0.1) is 11.6 Å². The molecule has 0 radical (unpaired) electrons. The molecule has 0 spiro atoms. The molecule has 0 aliphatic carbocycles. The third kappa shape index (κ3) is 4.11. The summed E-state index contributed by atoms with van der Waals surface area (Å²) in [5, 5.41) is 0.960. The summed E-state index contributed by atoms with van der Waals surface area (Å²) in [6, 6.07) is 7.18. The van der Waals surface area contributed by atoms with Gasteiger partial charge in [-0.3, -0.25) is 4.79 Å². The van der Waals surface area contributed by atoms with Crippen molar-refractivity contribution in [2.24, 2.45) is 5.73 Å². The normalized spacial score (nSPS) is 11.8. The molecule has 3 rings (SSSR count). The van der Waals surface area contributed by atoms with E-state index in [1.807, 2.05) is 0 Å². The summed E-state index contributed by atoms with van der Waals surface area (Å²) in [6.45, 7) is 3.52. The summed E-state index contributed by atoms with van der Waals surface area (Å²) in [5.74, 6) is -3.34. The molecule has 9 heteroatoms. The molecule has 0 aliphatic heterocycles. The van der Waals surface area contributed by atoms with Crippen LogP contribution in [-0.2, 0) is 4.74 Å². The second kappa shape index (κ2) is 8.95. The second-order valence-electron chi connectivity index (χ2n) is 6.53. The van der Waals surface area contributed by atoms with Crippen LogP contribution < -0.4 is 15.2 Å². The Labute approximate surface area is 176 Å². The van der Waals surface area contributed by atoms with Crippen LogP contribution in [0.1, 0.15) is 41.4 Å². The zero-order valence-corrected chi connectivity index (χ0v) is 17.1. The van der Waals surface area contributed by atoms with E-state index in [-0.39, 0.29) is 11.1 Å². The molecular weight excluding hydrogens is 410 g/mol. The van der Waals surface area contributed by atoms with E-state index in [0.29, 0.717) is 23.3 Å². The lowest BCUT2D eigenvalue weighted by Crippen LogP contribution is -2.18. The number of benzene rings is 2. The van der Waals surface area contributed by atoms with Gasteiger partial charge in [0.15, 0.2) is 17.3 Å². The number of aromatic nitrogens is 1. The molecule has 162 valence electrons. The maximum atomic E-state index is 15.2. The summed E-state index contributed by atoms with van der Waals surface area (Å²) in [6.07, 6.45) is -0.772. The van der Waals surface area contributed by atoms with Crippen molar-refractivity contribution in [3.8, 4) is 11.6 Å². The standard InChI is InChI=1S/C22H20F2N2O5/c1-4-30-21-14-7-5-6-13(12(14)8-9-26-21)19(27)17-16(23)10-15(11(2)31-22(25)28)20(29-3)18(17)24/h5-11H,4H2,1-3H3,(H2,25,28). The number of pyridine rings is 1. The molecule has 0 aliphatic rings. The minimum atomic E-state index is -1.21. The Morgan fingerprint density at radius 2 is 1.94 bits per heavy atom. The number of primary amides is 1. The fourth-order valence-electron chi connectivity index (χ4n) is 3.34. The highest BCUT2D eigenvalue weighted by Gasteiger charge is 2.29. The van der Waals surface area contributed by atoms with Crippen LogP contribution in [0.4, 0.5) is 13.6 Å². The highest BCUT2D eigenvalue weighted by atomic mass is 19.1. The Morgan fingerprint density at radius 3 is 2.58 bits per heavy atom. The highest BCUT2D eigenvalue weighted by molar-refractivity contribution is 6.17. The van der Waals surface area contributed by atoms with Crippen LogP contribution in [-0.4, -0.2) is 30.6 Å². The van der Waals surface area contributed by atoms with Gasteiger partial charge in [-0.05, 0) is 37.4 Å². The summed E-state index contributed by atoms with van der Waals surface area (Å²) < 4.78 is 45.5. The van der Waals surface area contributed by atoms with Gasteiger partial charge in [0.05, 0.1) is 19.3 Å². The van der Waals surface area contributed by atoms with Gasteiger partial charge < -0.3 is 19.9 Å². The van der Waals surface area contributed by atoms with Gasteiger partial charge in [0.25, 0.3) is 0 Å². The molecule has 7 nitrogen and oxygen atoms in total. The SMILES string of the molecule is CCOc1nccc2c(C(=O)c3c(F)cc(C(C)OC(N)=O)c(OC)c3F)cccc12. The number of ether oxygens (including phenoxy) is 3. The molecule has 1 atom stereocenters. The minimum Gasteiger partial charge on any atom is -0.493 e. The van der Waals surface area contributed by atoms with Crippen molar-refractivity contribution >= 4 is 22.6 Å². The summed E-state index contributed by atoms with van der Waals surface area (Å²) in [7, 11) is 1.16. The average Bonchev–Trinajstić information content (AvgIpc) is 2.72. The quantitative estimate of drug-likeness (QED) is 0.561. The van der Waals surface area contributed by atoms with Crippen molar-refractivity contribution in [3.05, 3.63) is 64.9 Å². The summed E-state index contributed by atoms with van der Waals surface area (Å²) in [5.41, 5.74) is 4.14. The highest BCUT2D eigenvalue weighted by Crippen LogP contribution is 2.36. The van der Waals surface area contributed by atoms with Gasteiger partial charge in [0.1, 0.15) is 11.9 Å². The Morgan fingerprint density at radius 1 is 1.19 bits per heavy atom. The van der Waals surface area contributed by atoms with E-state index in [1.54, 1.807) is 25.1 Å². The van der Waals surface area contributed by atoms with Gasteiger partial charge in [0.2, 0.25) is 5.88 Å². The van der Waals surface area contributed by atoms with Crippen molar-refractivity contribution in [3.63, 3.8) is 0 Å². The molecule has 1 aromatic heterocycles. The zero-order valence-electron chi connectivity index (χ0n) is 17.1. The number of fused-ring (bicyclic) bond motifs is 1. The molecule has 3 aromatic rings. The fraction of sp³-hybridized carbons (Fsp3) is 0.227. The summed E-state index contributed by atoms with van der Waals surface area (Å²) >= 11 is 0. The molecule has 0 saturated heterocycles. The van der Waals surface area contributed by atoms with Crippen molar-refractivity contribution < 1.29 is 32.6 Å². The minimum absolute atomic E-state index is 0.0647. The predicted molar refractivity (Wildman–Crippen MR) is 108 cm³/mol. The third-order valence-corrected chi connectivity index (χ3v) is 4.66.